The molecule has 1 fully saturated rings. The van der Waals surface area contributed by atoms with Gasteiger partial charge in [0.05, 0.1) is 0 Å². The second-order valence-electron chi connectivity index (χ2n) is 5.11. The summed E-state index contributed by atoms with van der Waals surface area (Å²) in [5, 5.41) is 0. The highest BCUT2D eigenvalue weighted by Crippen LogP contribution is 2.30. The molecule has 2 N–H and O–H groups in total. The molecular weight excluding hydrogens is 198 g/mol. The summed E-state index contributed by atoms with van der Waals surface area (Å²) >= 11 is 0. The van der Waals surface area contributed by atoms with Gasteiger partial charge in [-0.3, -0.25) is 0 Å². The third-order valence-corrected chi connectivity index (χ3v) is 3.45. The zero-order valence-electron chi connectivity index (χ0n) is 10.1. The van der Waals surface area contributed by atoms with Crippen molar-refractivity contribution >= 4 is 0 Å². The monoisotopic (exact) mass is 219 g/mol. The van der Waals surface area contributed by atoms with Gasteiger partial charge in [-0.15, -0.1) is 0 Å². The molecule has 1 aliphatic rings. The normalized spacial score (nSPS) is 34.7. The van der Waals surface area contributed by atoms with Gasteiger partial charge in [0, 0.05) is 6.04 Å². The molecule has 4 atom stereocenters. The van der Waals surface area contributed by atoms with Crippen molar-refractivity contribution in [2.24, 2.45) is 17.6 Å². The maximum absolute atomic E-state index is 6.18. The molecule has 1 aliphatic carbocycles. The minimum Gasteiger partial charge on any atom is -0.489 e. The third-order valence-electron chi connectivity index (χ3n) is 3.45. The van der Waals surface area contributed by atoms with Crippen molar-refractivity contribution in [2.45, 2.75) is 38.8 Å². The predicted molar refractivity (Wildman–Crippen MR) is 66.4 cm³/mol. The number of benzene rings is 1. The second-order valence-corrected chi connectivity index (χ2v) is 5.11. The van der Waals surface area contributed by atoms with Crippen LogP contribution in [0.25, 0.3) is 0 Å². The largest absolute Gasteiger partial charge is 0.489 e. The third kappa shape index (κ3) is 2.56. The van der Waals surface area contributed by atoms with E-state index in [0.29, 0.717) is 5.92 Å². The van der Waals surface area contributed by atoms with Crippen molar-refractivity contribution < 1.29 is 4.74 Å². The summed E-state index contributed by atoms with van der Waals surface area (Å²) in [7, 11) is 0. The lowest BCUT2D eigenvalue weighted by atomic mass is 9.78. The molecule has 0 saturated heterocycles. The number of rotatable bonds is 2. The quantitative estimate of drug-likeness (QED) is 0.830. The van der Waals surface area contributed by atoms with Gasteiger partial charge in [0.1, 0.15) is 11.9 Å². The van der Waals surface area contributed by atoms with Crippen LogP contribution in [0.1, 0.15) is 26.7 Å². The molecule has 0 aromatic heterocycles. The number of ether oxygens (including phenoxy) is 1. The van der Waals surface area contributed by atoms with E-state index in [0.717, 1.165) is 18.1 Å². The zero-order chi connectivity index (χ0) is 11.5. The lowest BCUT2D eigenvalue weighted by Gasteiger charge is -2.37. The van der Waals surface area contributed by atoms with E-state index >= 15 is 0 Å². The molecule has 4 unspecified atom stereocenters. The Morgan fingerprint density at radius 3 is 2.44 bits per heavy atom. The van der Waals surface area contributed by atoms with Crippen molar-refractivity contribution in [1.82, 2.24) is 0 Å². The fraction of sp³-hybridized carbons (Fsp3) is 0.571. The van der Waals surface area contributed by atoms with Crippen molar-refractivity contribution in [3.8, 4) is 5.75 Å². The topological polar surface area (TPSA) is 35.2 Å². The Hall–Kier alpha value is -1.02. The molecule has 1 aromatic rings. The van der Waals surface area contributed by atoms with Crippen molar-refractivity contribution in [1.29, 1.82) is 0 Å². The van der Waals surface area contributed by atoms with Gasteiger partial charge in [0.25, 0.3) is 0 Å². The van der Waals surface area contributed by atoms with Crippen LogP contribution in [0.5, 0.6) is 5.75 Å². The van der Waals surface area contributed by atoms with Gasteiger partial charge in [-0.05, 0) is 36.8 Å². The highest BCUT2D eigenvalue weighted by molar-refractivity contribution is 5.21. The minimum atomic E-state index is 0.165. The van der Waals surface area contributed by atoms with Crippen LogP contribution in [0.3, 0.4) is 0 Å². The van der Waals surface area contributed by atoms with Crippen LogP contribution in [0.15, 0.2) is 30.3 Å². The lowest BCUT2D eigenvalue weighted by molar-refractivity contribution is 0.0626. The van der Waals surface area contributed by atoms with E-state index in [1.54, 1.807) is 0 Å². The van der Waals surface area contributed by atoms with Crippen LogP contribution < -0.4 is 10.5 Å². The Morgan fingerprint density at radius 2 is 1.81 bits per heavy atom. The Labute approximate surface area is 97.8 Å². The van der Waals surface area contributed by atoms with Crippen molar-refractivity contribution in [3.63, 3.8) is 0 Å². The van der Waals surface area contributed by atoms with Gasteiger partial charge < -0.3 is 10.5 Å². The summed E-state index contributed by atoms with van der Waals surface area (Å²) in [5.41, 5.74) is 6.18. The fourth-order valence-electron chi connectivity index (χ4n) is 2.75. The number of para-hydroxylation sites is 1. The van der Waals surface area contributed by atoms with Gasteiger partial charge in [-0.25, -0.2) is 0 Å². The van der Waals surface area contributed by atoms with Crippen LogP contribution in [0, 0.1) is 11.8 Å². The molecule has 1 aromatic carbocycles. The molecule has 16 heavy (non-hydrogen) atoms. The molecule has 0 heterocycles. The van der Waals surface area contributed by atoms with Crippen LogP contribution in [0.4, 0.5) is 0 Å². The van der Waals surface area contributed by atoms with Gasteiger partial charge in [-0.1, -0.05) is 32.0 Å². The molecule has 0 bridgehead atoms. The minimum absolute atomic E-state index is 0.165. The van der Waals surface area contributed by atoms with E-state index < -0.39 is 0 Å². The van der Waals surface area contributed by atoms with Crippen LogP contribution >= 0.6 is 0 Å². The van der Waals surface area contributed by atoms with Gasteiger partial charge >= 0.3 is 0 Å². The molecule has 88 valence electrons. The first-order valence-electron chi connectivity index (χ1n) is 6.14. The molecule has 2 rings (SSSR count). The predicted octanol–water partition coefficient (Wildman–Crippen LogP) is 2.83. The Bertz CT molecular complexity index is 313. The number of hydrogen-bond acceptors (Lipinski definition) is 2. The van der Waals surface area contributed by atoms with E-state index in [1.807, 2.05) is 30.3 Å². The molecule has 0 amide bonds. The fourth-order valence-corrected chi connectivity index (χ4v) is 2.75. The van der Waals surface area contributed by atoms with E-state index in [2.05, 4.69) is 13.8 Å². The summed E-state index contributed by atoms with van der Waals surface area (Å²) in [6, 6.07) is 10.2. The molecular formula is C14H21NO. The van der Waals surface area contributed by atoms with Gasteiger partial charge in [0.2, 0.25) is 0 Å². The standard InChI is InChI=1S/C14H21NO/c1-10-8-11(2)14(13(15)9-10)16-12-6-4-3-5-7-12/h3-7,10-11,13-14H,8-9,15H2,1-2H3. The number of hydrogen-bond donors (Lipinski definition) is 1. The first-order valence-corrected chi connectivity index (χ1v) is 6.14. The maximum Gasteiger partial charge on any atom is 0.119 e. The van der Waals surface area contributed by atoms with E-state index in [1.165, 1.54) is 6.42 Å². The SMILES string of the molecule is CC1CC(C)C(Oc2ccccc2)C(N)C1. The maximum atomic E-state index is 6.18. The van der Waals surface area contributed by atoms with E-state index in [4.69, 9.17) is 10.5 Å². The van der Waals surface area contributed by atoms with Crippen molar-refractivity contribution in [3.05, 3.63) is 30.3 Å². The smallest absolute Gasteiger partial charge is 0.119 e. The van der Waals surface area contributed by atoms with Gasteiger partial charge in [-0.2, -0.15) is 0 Å². The van der Waals surface area contributed by atoms with E-state index in [-0.39, 0.29) is 12.1 Å². The van der Waals surface area contributed by atoms with Gasteiger partial charge in [0.15, 0.2) is 0 Å². The van der Waals surface area contributed by atoms with E-state index in [9.17, 15) is 0 Å². The molecule has 1 saturated carbocycles. The summed E-state index contributed by atoms with van der Waals surface area (Å²) in [6.45, 7) is 4.51. The number of nitrogens with two attached hydrogens (primary N) is 1. The van der Waals surface area contributed by atoms with Crippen LogP contribution in [-0.4, -0.2) is 12.1 Å². The second kappa shape index (κ2) is 4.88. The van der Waals surface area contributed by atoms with Crippen molar-refractivity contribution in [2.75, 3.05) is 0 Å². The summed E-state index contributed by atoms with van der Waals surface area (Å²) < 4.78 is 6.00. The molecule has 0 radical (unpaired) electrons. The average Bonchev–Trinajstić information content (AvgIpc) is 2.25. The lowest BCUT2D eigenvalue weighted by Crippen LogP contribution is -2.48. The highest BCUT2D eigenvalue weighted by atomic mass is 16.5. The molecule has 0 spiro atoms. The van der Waals surface area contributed by atoms with Crippen LogP contribution in [-0.2, 0) is 0 Å². The Kier molecular flexibility index (Phi) is 3.49. The van der Waals surface area contributed by atoms with Crippen LogP contribution in [0.2, 0.25) is 0 Å². The summed E-state index contributed by atoms with van der Waals surface area (Å²) in [6.07, 6.45) is 2.45. The molecule has 2 nitrogen and oxygen atoms in total. The first kappa shape index (κ1) is 11.5. The summed E-state index contributed by atoms with van der Waals surface area (Å²) in [4.78, 5) is 0. The average molecular weight is 219 g/mol. The zero-order valence-corrected chi connectivity index (χ0v) is 10.1. The first-order chi connectivity index (χ1) is 7.66. The molecule has 2 heteroatoms. The highest BCUT2D eigenvalue weighted by Gasteiger charge is 2.33. The Balaban J connectivity index is 2.03. The molecule has 0 aliphatic heterocycles. The Morgan fingerprint density at radius 1 is 1.12 bits per heavy atom. The summed E-state index contributed by atoms with van der Waals surface area (Å²) in [5.74, 6) is 2.20.